The maximum Gasteiger partial charge on any atom is 0.289 e. The van der Waals surface area contributed by atoms with Crippen LogP contribution in [0, 0.1) is 0 Å². The molecule has 0 N–H and O–H groups in total. The Morgan fingerprint density at radius 2 is 2.41 bits per heavy atom. The van der Waals surface area contributed by atoms with E-state index in [1.165, 1.54) is 6.26 Å². The molecule has 1 aliphatic heterocycles. The summed E-state index contributed by atoms with van der Waals surface area (Å²) in [5.74, 6) is 2.11. The summed E-state index contributed by atoms with van der Waals surface area (Å²) < 4.78 is 10.6. The van der Waals surface area contributed by atoms with Gasteiger partial charge in [0.25, 0.3) is 5.91 Å². The minimum Gasteiger partial charge on any atom is -0.459 e. The van der Waals surface area contributed by atoms with E-state index in [0.29, 0.717) is 24.1 Å². The van der Waals surface area contributed by atoms with Gasteiger partial charge in [-0.2, -0.15) is 4.98 Å². The first-order chi connectivity index (χ1) is 10.7. The number of carbonyl (C=O) groups is 1. The van der Waals surface area contributed by atoms with Gasteiger partial charge in [0, 0.05) is 19.0 Å². The number of hydrogen-bond donors (Lipinski definition) is 0. The van der Waals surface area contributed by atoms with Crippen LogP contribution in [0.4, 0.5) is 0 Å². The lowest BCUT2D eigenvalue weighted by Gasteiger charge is -2.30. The fraction of sp³-hybridized carbons (Fsp3) is 0.562. The van der Waals surface area contributed by atoms with Crippen LogP contribution < -0.4 is 0 Å². The molecule has 0 aromatic carbocycles. The van der Waals surface area contributed by atoms with Crippen LogP contribution in [-0.2, 0) is 0 Å². The molecule has 0 radical (unpaired) electrons. The molecule has 3 heterocycles. The molecule has 2 aromatic heterocycles. The molecule has 6 nitrogen and oxygen atoms in total. The van der Waals surface area contributed by atoms with Gasteiger partial charge in [-0.3, -0.25) is 4.79 Å². The average Bonchev–Trinajstić information content (AvgIpc) is 3.25. The number of furan rings is 1. The summed E-state index contributed by atoms with van der Waals surface area (Å²) >= 11 is 0. The monoisotopic (exact) mass is 303 g/mol. The first kappa shape index (κ1) is 14.8. The molecule has 0 spiro atoms. The van der Waals surface area contributed by atoms with Crippen LogP contribution in [0.3, 0.4) is 0 Å². The van der Waals surface area contributed by atoms with Crippen LogP contribution in [0.5, 0.6) is 0 Å². The van der Waals surface area contributed by atoms with Gasteiger partial charge in [-0.25, -0.2) is 0 Å². The quantitative estimate of drug-likeness (QED) is 0.867. The van der Waals surface area contributed by atoms with Crippen molar-refractivity contribution < 1.29 is 13.7 Å². The van der Waals surface area contributed by atoms with Crippen LogP contribution in [0.25, 0.3) is 0 Å². The van der Waals surface area contributed by atoms with Crippen molar-refractivity contribution in [2.24, 2.45) is 0 Å². The van der Waals surface area contributed by atoms with Gasteiger partial charge >= 0.3 is 0 Å². The molecule has 0 aliphatic carbocycles. The number of likely N-dealkylation sites (tertiary alicyclic amines) is 1. The van der Waals surface area contributed by atoms with E-state index in [4.69, 9.17) is 8.94 Å². The number of amides is 1. The highest BCUT2D eigenvalue weighted by Crippen LogP contribution is 2.28. The third-order valence-electron chi connectivity index (χ3n) is 4.30. The lowest BCUT2D eigenvalue weighted by atomic mass is 9.97. The lowest BCUT2D eigenvalue weighted by Crippen LogP contribution is -2.39. The van der Waals surface area contributed by atoms with E-state index < -0.39 is 0 Å². The highest BCUT2D eigenvalue weighted by Gasteiger charge is 2.30. The zero-order valence-electron chi connectivity index (χ0n) is 13.0. The molecule has 118 valence electrons. The molecular weight excluding hydrogens is 282 g/mol. The SMILES string of the molecule is CC[C@@H](C)c1noc([C@@H]2CCCN(C(=O)c3ccco3)C2)n1. The molecule has 1 fully saturated rings. The molecule has 2 aromatic rings. The van der Waals surface area contributed by atoms with Gasteiger partial charge in [-0.15, -0.1) is 0 Å². The van der Waals surface area contributed by atoms with Crippen molar-refractivity contribution in [2.75, 3.05) is 13.1 Å². The van der Waals surface area contributed by atoms with Crippen molar-refractivity contribution in [1.29, 1.82) is 0 Å². The summed E-state index contributed by atoms with van der Waals surface area (Å²) in [6.07, 6.45) is 4.39. The van der Waals surface area contributed by atoms with Gasteiger partial charge in [-0.05, 0) is 31.4 Å². The number of nitrogens with zero attached hydrogens (tertiary/aromatic N) is 3. The molecule has 0 bridgehead atoms. The zero-order valence-corrected chi connectivity index (χ0v) is 13.0. The Labute approximate surface area is 129 Å². The number of aromatic nitrogens is 2. The van der Waals surface area contributed by atoms with E-state index in [1.54, 1.807) is 17.0 Å². The van der Waals surface area contributed by atoms with E-state index in [1.807, 2.05) is 0 Å². The van der Waals surface area contributed by atoms with Crippen molar-refractivity contribution in [2.45, 2.75) is 44.9 Å². The highest BCUT2D eigenvalue weighted by atomic mass is 16.5. The Morgan fingerprint density at radius 1 is 1.55 bits per heavy atom. The summed E-state index contributed by atoms with van der Waals surface area (Å²) in [4.78, 5) is 18.7. The summed E-state index contributed by atoms with van der Waals surface area (Å²) in [7, 11) is 0. The maximum atomic E-state index is 12.4. The fourth-order valence-corrected chi connectivity index (χ4v) is 2.72. The third-order valence-corrected chi connectivity index (χ3v) is 4.30. The zero-order chi connectivity index (χ0) is 15.5. The minimum atomic E-state index is -0.0728. The van der Waals surface area contributed by atoms with Crippen molar-refractivity contribution in [3.05, 3.63) is 35.9 Å². The minimum absolute atomic E-state index is 0.0728. The summed E-state index contributed by atoms with van der Waals surface area (Å²) in [6, 6.07) is 3.42. The average molecular weight is 303 g/mol. The standard InChI is InChI=1S/C16H21N3O3/c1-3-11(2)14-17-15(22-18-14)12-6-4-8-19(10-12)16(20)13-7-5-9-21-13/h5,7,9,11-12H,3-4,6,8,10H2,1-2H3/t11-,12-/m1/s1. The normalized spacial score (nSPS) is 20.1. The van der Waals surface area contributed by atoms with Gasteiger partial charge in [0.1, 0.15) is 0 Å². The van der Waals surface area contributed by atoms with E-state index in [2.05, 4.69) is 24.0 Å². The van der Waals surface area contributed by atoms with Gasteiger partial charge in [-0.1, -0.05) is 19.0 Å². The molecular formula is C16H21N3O3. The molecule has 6 heteroatoms. The van der Waals surface area contributed by atoms with Crippen LogP contribution in [0.15, 0.2) is 27.3 Å². The number of hydrogen-bond acceptors (Lipinski definition) is 5. The Bertz CT molecular complexity index is 620. The fourth-order valence-electron chi connectivity index (χ4n) is 2.72. The number of carbonyl (C=O) groups excluding carboxylic acids is 1. The van der Waals surface area contributed by atoms with E-state index in [0.717, 1.165) is 31.6 Å². The van der Waals surface area contributed by atoms with Gasteiger partial charge in [0.2, 0.25) is 5.89 Å². The van der Waals surface area contributed by atoms with E-state index >= 15 is 0 Å². The predicted octanol–water partition coefficient (Wildman–Crippen LogP) is 3.20. The molecule has 2 atom stereocenters. The van der Waals surface area contributed by atoms with Crippen LogP contribution in [-0.4, -0.2) is 34.0 Å². The van der Waals surface area contributed by atoms with Gasteiger partial charge in [0.05, 0.1) is 12.2 Å². The van der Waals surface area contributed by atoms with E-state index in [9.17, 15) is 4.79 Å². The summed E-state index contributed by atoms with van der Waals surface area (Å²) in [6.45, 7) is 5.53. The second-order valence-electron chi connectivity index (χ2n) is 5.87. The second kappa shape index (κ2) is 6.34. The Hall–Kier alpha value is -2.11. The molecule has 1 amide bonds. The molecule has 1 saturated heterocycles. The molecule has 22 heavy (non-hydrogen) atoms. The first-order valence-electron chi connectivity index (χ1n) is 7.85. The smallest absolute Gasteiger partial charge is 0.289 e. The largest absolute Gasteiger partial charge is 0.459 e. The number of rotatable bonds is 4. The van der Waals surface area contributed by atoms with E-state index in [-0.39, 0.29) is 11.8 Å². The van der Waals surface area contributed by atoms with Crippen molar-refractivity contribution in [3.8, 4) is 0 Å². The molecule has 1 aliphatic rings. The highest BCUT2D eigenvalue weighted by molar-refractivity contribution is 5.91. The third kappa shape index (κ3) is 2.91. The second-order valence-corrected chi connectivity index (χ2v) is 5.87. The van der Waals surface area contributed by atoms with Gasteiger partial charge < -0.3 is 13.8 Å². The number of piperidine rings is 1. The topological polar surface area (TPSA) is 72.4 Å². The summed E-state index contributed by atoms with van der Waals surface area (Å²) in [5.41, 5.74) is 0. The lowest BCUT2D eigenvalue weighted by molar-refractivity contribution is 0.0663. The Balaban J connectivity index is 1.70. The first-order valence-corrected chi connectivity index (χ1v) is 7.85. The molecule has 0 saturated carbocycles. The van der Waals surface area contributed by atoms with Crippen molar-refractivity contribution >= 4 is 5.91 Å². The van der Waals surface area contributed by atoms with Crippen LogP contribution in [0.1, 0.15) is 67.2 Å². The van der Waals surface area contributed by atoms with Gasteiger partial charge in [0.15, 0.2) is 11.6 Å². The van der Waals surface area contributed by atoms with Crippen molar-refractivity contribution in [1.82, 2.24) is 15.0 Å². The Kier molecular flexibility index (Phi) is 4.27. The van der Waals surface area contributed by atoms with Crippen LogP contribution >= 0.6 is 0 Å². The molecule has 0 unspecified atom stereocenters. The predicted molar refractivity (Wildman–Crippen MR) is 79.6 cm³/mol. The summed E-state index contributed by atoms with van der Waals surface area (Å²) in [5, 5.41) is 4.07. The Morgan fingerprint density at radius 3 is 3.14 bits per heavy atom. The maximum absolute atomic E-state index is 12.4. The molecule has 3 rings (SSSR count). The van der Waals surface area contributed by atoms with Crippen molar-refractivity contribution in [3.63, 3.8) is 0 Å². The van der Waals surface area contributed by atoms with Crippen LogP contribution in [0.2, 0.25) is 0 Å².